The Morgan fingerprint density at radius 3 is 2.89 bits per heavy atom. The number of hydrogen-bond acceptors (Lipinski definition) is 4. The van der Waals surface area contributed by atoms with Crippen molar-refractivity contribution in [3.8, 4) is 0 Å². The molecule has 0 fully saturated rings. The number of unbranched alkanes of at least 4 members (excludes halogenated alkanes) is 1. The monoisotopic (exact) mass is 386 g/mol. The maximum absolute atomic E-state index is 12.5. The van der Waals surface area contributed by atoms with E-state index in [0.717, 1.165) is 19.3 Å². The molecule has 1 atom stereocenters. The zero-order valence-corrected chi connectivity index (χ0v) is 15.4. The van der Waals surface area contributed by atoms with E-state index in [0.29, 0.717) is 17.0 Å². The molecule has 3 N–H and O–H groups in total. The van der Waals surface area contributed by atoms with Gasteiger partial charge in [0.25, 0.3) is 0 Å². The first-order valence-corrected chi connectivity index (χ1v) is 8.87. The maximum Gasteiger partial charge on any atom is 0.401 e. The molecule has 0 aliphatic rings. The van der Waals surface area contributed by atoms with Crippen molar-refractivity contribution in [1.82, 2.24) is 25.2 Å². The van der Waals surface area contributed by atoms with Gasteiger partial charge < -0.3 is 10.3 Å². The number of aromatic nitrogens is 3. The second-order valence-electron chi connectivity index (χ2n) is 6.62. The van der Waals surface area contributed by atoms with Crippen LogP contribution in [0.15, 0.2) is 18.5 Å². The molecule has 2 heterocycles. The third-order valence-electron chi connectivity index (χ3n) is 4.04. The molecule has 0 saturated heterocycles. The third kappa shape index (κ3) is 7.41. The molecule has 2 aromatic rings. The Bertz CT molecular complexity index is 733. The Hall–Kier alpha value is -2.36. The molecule has 0 radical (unpaired) electrons. The number of alkyl halides is 3. The van der Waals surface area contributed by atoms with Crippen LogP contribution in [0.5, 0.6) is 0 Å². The summed E-state index contributed by atoms with van der Waals surface area (Å²) in [6, 6.07) is 1.28. The van der Waals surface area contributed by atoms with Crippen molar-refractivity contribution in [3.63, 3.8) is 0 Å². The van der Waals surface area contributed by atoms with Crippen molar-refractivity contribution in [1.29, 1.82) is 0 Å². The minimum atomic E-state index is -4.23. The minimum absolute atomic E-state index is 0.0683. The number of rotatable bonds is 9. The van der Waals surface area contributed by atoms with Crippen LogP contribution in [0.4, 0.5) is 23.8 Å². The molecule has 27 heavy (non-hydrogen) atoms. The average Bonchev–Trinajstić information content (AvgIpc) is 3.03. The Balaban J connectivity index is 1.85. The normalized spacial score (nSPS) is 13.1. The third-order valence-corrected chi connectivity index (χ3v) is 4.04. The maximum atomic E-state index is 12.5. The number of halogens is 3. The summed E-state index contributed by atoms with van der Waals surface area (Å²) in [5.74, 6) is 0.236. The molecule has 0 aliphatic carbocycles. The summed E-state index contributed by atoms with van der Waals surface area (Å²) in [5, 5.41) is 5.31. The quantitative estimate of drug-likeness (QED) is 0.617. The van der Waals surface area contributed by atoms with Crippen LogP contribution in [0.25, 0.3) is 11.2 Å². The zero-order valence-electron chi connectivity index (χ0n) is 15.4. The van der Waals surface area contributed by atoms with E-state index in [1.165, 1.54) is 18.1 Å². The first-order valence-electron chi connectivity index (χ1n) is 8.87. The molecule has 2 rings (SSSR count). The number of hydrogen-bond donors (Lipinski definition) is 3. The van der Waals surface area contributed by atoms with Gasteiger partial charge in [0.1, 0.15) is 5.52 Å². The van der Waals surface area contributed by atoms with Crippen molar-refractivity contribution in [2.24, 2.45) is 5.92 Å². The summed E-state index contributed by atoms with van der Waals surface area (Å²) >= 11 is 0. The van der Waals surface area contributed by atoms with E-state index in [1.54, 1.807) is 12.3 Å². The van der Waals surface area contributed by atoms with E-state index in [-0.39, 0.29) is 19.0 Å². The van der Waals surface area contributed by atoms with Gasteiger partial charge in [0.2, 0.25) is 0 Å². The molecular weight excluding hydrogens is 361 g/mol. The van der Waals surface area contributed by atoms with Crippen molar-refractivity contribution in [3.05, 3.63) is 18.5 Å². The van der Waals surface area contributed by atoms with Gasteiger partial charge in [-0.2, -0.15) is 13.2 Å². The van der Waals surface area contributed by atoms with Crippen molar-refractivity contribution >= 4 is 23.0 Å². The molecule has 0 spiro atoms. The van der Waals surface area contributed by atoms with Crippen molar-refractivity contribution in [2.75, 3.05) is 32.0 Å². The summed E-state index contributed by atoms with van der Waals surface area (Å²) in [4.78, 5) is 24.6. The van der Waals surface area contributed by atoms with Gasteiger partial charge in [-0.1, -0.05) is 19.8 Å². The average molecular weight is 386 g/mol. The fourth-order valence-electron chi connectivity index (χ4n) is 2.85. The van der Waals surface area contributed by atoms with Crippen LogP contribution in [0.2, 0.25) is 0 Å². The number of nitrogens with zero attached hydrogens (tertiary/aromatic N) is 3. The van der Waals surface area contributed by atoms with E-state index in [9.17, 15) is 18.0 Å². The van der Waals surface area contributed by atoms with E-state index >= 15 is 0 Å². The SMILES string of the molecule is CCCCC(CNC(=O)Nc1cnc2[nH]ccc2n1)CN(C)CC(F)(F)F. The number of nitrogens with one attached hydrogen (secondary N) is 3. The topological polar surface area (TPSA) is 85.9 Å². The number of H-pyrrole nitrogens is 1. The summed E-state index contributed by atoms with van der Waals surface area (Å²) < 4.78 is 37.5. The van der Waals surface area contributed by atoms with Crippen LogP contribution in [0.1, 0.15) is 26.2 Å². The lowest BCUT2D eigenvalue weighted by Crippen LogP contribution is -2.40. The van der Waals surface area contributed by atoms with Gasteiger partial charge in [0.05, 0.1) is 12.7 Å². The van der Waals surface area contributed by atoms with Crippen LogP contribution in [0.3, 0.4) is 0 Å². The molecule has 2 aromatic heterocycles. The molecule has 2 amide bonds. The minimum Gasteiger partial charge on any atom is -0.345 e. The standard InChI is InChI=1S/C17H25F3N6O/c1-3-4-5-12(10-26(2)11-17(18,19)20)8-23-16(27)25-14-9-22-15-13(24-14)6-7-21-15/h6-7,9,12H,3-5,8,10-11H2,1-2H3,(H,21,22)(H2,23,24,25,27). The summed E-state index contributed by atoms with van der Waals surface area (Å²) in [6.45, 7) is 1.60. The summed E-state index contributed by atoms with van der Waals surface area (Å²) in [6.07, 6.45) is 1.48. The van der Waals surface area contributed by atoms with Crippen LogP contribution in [0, 0.1) is 5.92 Å². The highest BCUT2D eigenvalue weighted by Crippen LogP contribution is 2.17. The van der Waals surface area contributed by atoms with Gasteiger partial charge in [-0.15, -0.1) is 0 Å². The van der Waals surface area contributed by atoms with E-state index < -0.39 is 18.8 Å². The lowest BCUT2D eigenvalue weighted by molar-refractivity contribution is -0.144. The second-order valence-corrected chi connectivity index (χ2v) is 6.62. The van der Waals surface area contributed by atoms with Crippen LogP contribution in [-0.2, 0) is 0 Å². The number of urea groups is 1. The van der Waals surface area contributed by atoms with Crippen LogP contribution >= 0.6 is 0 Å². The molecule has 10 heteroatoms. The molecule has 0 bridgehead atoms. The lowest BCUT2D eigenvalue weighted by Gasteiger charge is -2.25. The number of anilines is 1. The van der Waals surface area contributed by atoms with Crippen LogP contribution in [-0.4, -0.2) is 58.7 Å². The van der Waals surface area contributed by atoms with Gasteiger partial charge >= 0.3 is 12.2 Å². The molecular formula is C17H25F3N6O. The number of fused-ring (bicyclic) bond motifs is 1. The fourth-order valence-corrected chi connectivity index (χ4v) is 2.85. The molecule has 150 valence electrons. The first kappa shape index (κ1) is 20.9. The Labute approximate surface area is 155 Å². The smallest absolute Gasteiger partial charge is 0.345 e. The number of carbonyl (C=O) groups excluding carboxylic acids is 1. The Morgan fingerprint density at radius 2 is 2.19 bits per heavy atom. The van der Waals surface area contributed by atoms with Gasteiger partial charge in [0, 0.05) is 19.3 Å². The van der Waals surface area contributed by atoms with Gasteiger partial charge in [0.15, 0.2) is 11.5 Å². The molecule has 0 saturated carbocycles. The number of amides is 2. The largest absolute Gasteiger partial charge is 0.401 e. The van der Waals surface area contributed by atoms with E-state index in [2.05, 4.69) is 25.6 Å². The van der Waals surface area contributed by atoms with Crippen molar-refractivity contribution in [2.45, 2.75) is 32.4 Å². The zero-order chi connectivity index (χ0) is 19.9. The van der Waals surface area contributed by atoms with Crippen LogP contribution < -0.4 is 10.6 Å². The summed E-state index contributed by atoms with van der Waals surface area (Å²) in [7, 11) is 1.44. The Morgan fingerprint density at radius 1 is 1.41 bits per heavy atom. The predicted octanol–water partition coefficient (Wildman–Crippen LogP) is 3.38. The highest BCUT2D eigenvalue weighted by molar-refractivity contribution is 5.89. The number of aromatic amines is 1. The second kappa shape index (κ2) is 9.54. The number of carbonyl (C=O) groups is 1. The first-order chi connectivity index (χ1) is 12.8. The van der Waals surface area contributed by atoms with Gasteiger partial charge in [-0.25, -0.2) is 14.8 Å². The van der Waals surface area contributed by atoms with E-state index in [4.69, 9.17) is 0 Å². The van der Waals surface area contributed by atoms with Gasteiger partial charge in [-0.05, 0) is 25.5 Å². The fraction of sp³-hybridized carbons (Fsp3) is 0.588. The highest BCUT2D eigenvalue weighted by Gasteiger charge is 2.29. The molecule has 0 aromatic carbocycles. The molecule has 0 aliphatic heterocycles. The lowest BCUT2D eigenvalue weighted by atomic mass is 10.0. The molecule has 7 nitrogen and oxygen atoms in total. The van der Waals surface area contributed by atoms with Crippen molar-refractivity contribution < 1.29 is 18.0 Å². The van der Waals surface area contributed by atoms with Gasteiger partial charge in [-0.3, -0.25) is 10.2 Å². The Kier molecular flexibility index (Phi) is 7.40. The molecule has 1 unspecified atom stereocenters. The highest BCUT2D eigenvalue weighted by atomic mass is 19.4. The summed E-state index contributed by atoms with van der Waals surface area (Å²) in [5.41, 5.74) is 1.25. The van der Waals surface area contributed by atoms with E-state index in [1.807, 2.05) is 6.92 Å². The predicted molar refractivity (Wildman–Crippen MR) is 97.5 cm³/mol.